The molecule has 0 saturated carbocycles. The quantitative estimate of drug-likeness (QED) is 0.375. The van der Waals surface area contributed by atoms with E-state index in [4.69, 9.17) is 29.0 Å². The molecule has 1 aromatic heterocycles. The topological polar surface area (TPSA) is 70.9 Å². The van der Waals surface area contributed by atoms with Gasteiger partial charge in [-0.05, 0) is 42.5 Å². The molecule has 112 valence electrons. The van der Waals surface area contributed by atoms with Gasteiger partial charge in [0.2, 0.25) is 0 Å². The number of amides is 1. The van der Waals surface area contributed by atoms with E-state index in [9.17, 15) is 4.79 Å². The van der Waals surface area contributed by atoms with Gasteiger partial charge in [-0.3, -0.25) is 10.2 Å². The normalized spacial score (nSPS) is 10.9. The van der Waals surface area contributed by atoms with Gasteiger partial charge < -0.3 is 4.98 Å². The van der Waals surface area contributed by atoms with Crippen LogP contribution in [0.15, 0.2) is 52.3 Å². The van der Waals surface area contributed by atoms with Gasteiger partial charge in [-0.15, -0.1) is 0 Å². The minimum Gasteiger partial charge on any atom is -0.350 e. The average molecular weight is 352 g/mol. The van der Waals surface area contributed by atoms with E-state index in [2.05, 4.69) is 10.4 Å². The molecule has 0 aliphatic rings. The lowest BCUT2D eigenvalue weighted by atomic mass is 10.2. The van der Waals surface area contributed by atoms with Gasteiger partial charge in [0.05, 0.1) is 4.90 Å². The SMILES string of the molecule is NNC(=O)c1[nH]c2ccc(Cl)cc2c1Sc1ccc(Cl)cc1. The highest BCUT2D eigenvalue weighted by atomic mass is 35.5. The number of carbonyl (C=O) groups excluding carboxylic acids is 1. The van der Waals surface area contributed by atoms with Gasteiger partial charge in [0.1, 0.15) is 5.69 Å². The fourth-order valence-corrected chi connectivity index (χ4v) is 3.43. The van der Waals surface area contributed by atoms with Crippen LogP contribution in [0.5, 0.6) is 0 Å². The van der Waals surface area contributed by atoms with Crippen molar-refractivity contribution in [2.45, 2.75) is 9.79 Å². The zero-order chi connectivity index (χ0) is 15.7. The van der Waals surface area contributed by atoms with Crippen molar-refractivity contribution in [1.29, 1.82) is 0 Å². The minimum absolute atomic E-state index is 0.385. The Hall–Kier alpha value is -1.66. The first-order valence-electron chi connectivity index (χ1n) is 6.34. The lowest BCUT2D eigenvalue weighted by Gasteiger charge is -2.04. The maximum Gasteiger partial charge on any atom is 0.282 e. The van der Waals surface area contributed by atoms with Crippen molar-refractivity contribution in [2.75, 3.05) is 0 Å². The molecular formula is C15H11Cl2N3OS. The summed E-state index contributed by atoms with van der Waals surface area (Å²) in [5.41, 5.74) is 3.38. The lowest BCUT2D eigenvalue weighted by Crippen LogP contribution is -2.30. The van der Waals surface area contributed by atoms with Gasteiger partial charge in [-0.2, -0.15) is 0 Å². The van der Waals surface area contributed by atoms with Crippen molar-refractivity contribution in [3.05, 3.63) is 58.2 Å². The van der Waals surface area contributed by atoms with Gasteiger partial charge in [0, 0.05) is 25.8 Å². The molecule has 1 amide bonds. The first-order chi connectivity index (χ1) is 10.6. The number of nitrogen functional groups attached to an aromatic ring is 1. The number of benzene rings is 2. The van der Waals surface area contributed by atoms with E-state index in [0.717, 1.165) is 20.7 Å². The van der Waals surface area contributed by atoms with Crippen molar-refractivity contribution in [3.63, 3.8) is 0 Å². The Kier molecular flexibility index (Phi) is 4.31. The fraction of sp³-hybridized carbons (Fsp3) is 0. The third-order valence-electron chi connectivity index (χ3n) is 3.10. The van der Waals surface area contributed by atoms with Crippen LogP contribution in [0.4, 0.5) is 0 Å². The van der Waals surface area contributed by atoms with Crippen LogP contribution >= 0.6 is 35.0 Å². The Balaban J connectivity index is 2.13. The molecule has 0 aliphatic heterocycles. The number of hydrazine groups is 1. The zero-order valence-electron chi connectivity index (χ0n) is 11.2. The molecule has 0 aliphatic carbocycles. The Bertz CT molecular complexity index is 846. The predicted molar refractivity (Wildman–Crippen MR) is 90.5 cm³/mol. The van der Waals surface area contributed by atoms with E-state index in [1.54, 1.807) is 18.2 Å². The summed E-state index contributed by atoms with van der Waals surface area (Å²) in [6.45, 7) is 0. The van der Waals surface area contributed by atoms with Gasteiger partial charge in [0.25, 0.3) is 5.91 Å². The van der Waals surface area contributed by atoms with Gasteiger partial charge in [-0.1, -0.05) is 35.0 Å². The number of aromatic nitrogens is 1. The van der Waals surface area contributed by atoms with Crippen LogP contribution in [0.2, 0.25) is 10.0 Å². The Morgan fingerprint density at radius 2 is 1.77 bits per heavy atom. The summed E-state index contributed by atoms with van der Waals surface area (Å²) >= 11 is 13.4. The molecule has 3 aromatic rings. The van der Waals surface area contributed by atoms with Crippen molar-refractivity contribution in [3.8, 4) is 0 Å². The monoisotopic (exact) mass is 351 g/mol. The number of hydrogen-bond donors (Lipinski definition) is 3. The Morgan fingerprint density at radius 1 is 1.09 bits per heavy atom. The van der Waals surface area contributed by atoms with E-state index in [1.165, 1.54) is 11.8 Å². The second-order valence-corrected chi connectivity index (χ2v) is 6.51. The largest absolute Gasteiger partial charge is 0.350 e. The minimum atomic E-state index is -0.385. The molecule has 0 unspecified atom stereocenters. The number of hydrogen-bond acceptors (Lipinski definition) is 3. The summed E-state index contributed by atoms with van der Waals surface area (Å²) < 4.78 is 0. The smallest absolute Gasteiger partial charge is 0.282 e. The lowest BCUT2D eigenvalue weighted by molar-refractivity contribution is 0.0946. The number of rotatable bonds is 3. The maximum absolute atomic E-state index is 12.0. The molecule has 0 saturated heterocycles. The fourth-order valence-electron chi connectivity index (χ4n) is 2.10. The third kappa shape index (κ3) is 2.94. The molecule has 4 N–H and O–H groups in total. The van der Waals surface area contributed by atoms with Crippen LogP contribution < -0.4 is 11.3 Å². The molecule has 0 atom stereocenters. The molecule has 3 rings (SSSR count). The molecular weight excluding hydrogens is 341 g/mol. The summed E-state index contributed by atoms with van der Waals surface area (Å²) in [5.74, 6) is 4.88. The zero-order valence-corrected chi connectivity index (χ0v) is 13.5. The molecule has 0 spiro atoms. The Morgan fingerprint density at radius 3 is 2.45 bits per heavy atom. The van der Waals surface area contributed by atoms with Crippen molar-refractivity contribution < 1.29 is 4.79 Å². The molecule has 2 aromatic carbocycles. The second-order valence-electron chi connectivity index (χ2n) is 4.55. The standard InChI is InChI=1S/C15H11Cl2N3OS/c16-8-1-4-10(5-2-8)22-14-11-7-9(17)3-6-12(11)19-13(14)15(21)20-18/h1-7,19H,18H2,(H,20,21). The van der Waals surface area contributed by atoms with Gasteiger partial charge >= 0.3 is 0 Å². The molecule has 0 radical (unpaired) electrons. The number of fused-ring (bicyclic) bond motifs is 1. The molecule has 7 heteroatoms. The summed E-state index contributed by atoms with van der Waals surface area (Å²) in [5, 5.41) is 2.13. The summed E-state index contributed by atoms with van der Waals surface area (Å²) in [4.78, 5) is 16.8. The van der Waals surface area contributed by atoms with E-state index in [0.29, 0.717) is 15.7 Å². The summed E-state index contributed by atoms with van der Waals surface area (Å²) in [6.07, 6.45) is 0. The van der Waals surface area contributed by atoms with Crippen LogP contribution in [-0.4, -0.2) is 10.9 Å². The molecule has 0 bridgehead atoms. The highest BCUT2D eigenvalue weighted by Gasteiger charge is 2.18. The van der Waals surface area contributed by atoms with E-state index in [1.807, 2.05) is 24.3 Å². The van der Waals surface area contributed by atoms with Crippen LogP contribution in [0.3, 0.4) is 0 Å². The molecule has 1 heterocycles. The number of nitrogens with one attached hydrogen (secondary N) is 2. The predicted octanol–water partition coefficient (Wildman–Crippen LogP) is 4.23. The first-order valence-corrected chi connectivity index (χ1v) is 7.91. The Labute approximate surface area is 140 Å². The first kappa shape index (κ1) is 15.2. The number of H-pyrrole nitrogens is 1. The van der Waals surface area contributed by atoms with Crippen molar-refractivity contribution in [1.82, 2.24) is 10.4 Å². The van der Waals surface area contributed by atoms with E-state index in [-0.39, 0.29) is 5.91 Å². The summed E-state index contributed by atoms with van der Waals surface area (Å²) in [6, 6.07) is 12.8. The molecule has 0 fully saturated rings. The van der Waals surface area contributed by atoms with Crippen LogP contribution in [0.25, 0.3) is 10.9 Å². The van der Waals surface area contributed by atoms with Crippen LogP contribution in [-0.2, 0) is 0 Å². The molecule has 22 heavy (non-hydrogen) atoms. The van der Waals surface area contributed by atoms with Gasteiger partial charge in [0.15, 0.2) is 0 Å². The maximum atomic E-state index is 12.0. The third-order valence-corrected chi connectivity index (χ3v) is 4.73. The molecule has 4 nitrogen and oxygen atoms in total. The van der Waals surface area contributed by atoms with E-state index >= 15 is 0 Å². The highest BCUT2D eigenvalue weighted by Crippen LogP contribution is 2.38. The van der Waals surface area contributed by atoms with Gasteiger partial charge in [-0.25, -0.2) is 5.84 Å². The average Bonchev–Trinajstić information content (AvgIpc) is 2.87. The van der Waals surface area contributed by atoms with Crippen molar-refractivity contribution >= 4 is 51.8 Å². The highest BCUT2D eigenvalue weighted by molar-refractivity contribution is 7.99. The number of halogens is 2. The van der Waals surface area contributed by atoms with Crippen LogP contribution in [0, 0.1) is 0 Å². The number of nitrogens with two attached hydrogens (primary N) is 1. The second kappa shape index (κ2) is 6.22. The van der Waals surface area contributed by atoms with Crippen molar-refractivity contribution in [2.24, 2.45) is 5.84 Å². The number of carbonyl (C=O) groups is 1. The van der Waals surface area contributed by atoms with E-state index < -0.39 is 0 Å². The number of aromatic amines is 1. The summed E-state index contributed by atoms with van der Waals surface area (Å²) in [7, 11) is 0. The van der Waals surface area contributed by atoms with Crippen LogP contribution in [0.1, 0.15) is 10.5 Å².